The largest absolute Gasteiger partial charge is 0.491 e. The fourth-order valence-electron chi connectivity index (χ4n) is 5.07. The second-order valence-corrected chi connectivity index (χ2v) is 9.91. The zero-order valence-corrected chi connectivity index (χ0v) is 19.2. The van der Waals surface area contributed by atoms with E-state index in [1.807, 2.05) is 6.20 Å². The lowest BCUT2D eigenvalue weighted by atomic mass is 9.76. The fraction of sp³-hybridized carbons (Fsp3) is 0.423. The number of rotatable bonds is 2. The van der Waals surface area contributed by atoms with E-state index in [9.17, 15) is 0 Å². The van der Waals surface area contributed by atoms with Gasteiger partial charge in [-0.3, -0.25) is 0 Å². The smallest absolute Gasteiger partial charge is 0.237 e. The molecule has 0 saturated heterocycles. The van der Waals surface area contributed by atoms with E-state index in [0.29, 0.717) is 19.1 Å². The zero-order chi connectivity index (χ0) is 22.4. The van der Waals surface area contributed by atoms with Crippen LogP contribution in [0.5, 0.6) is 11.6 Å². The van der Waals surface area contributed by atoms with Crippen molar-refractivity contribution < 1.29 is 9.47 Å². The Labute approximate surface area is 194 Å². The van der Waals surface area contributed by atoms with Crippen LogP contribution in [0.15, 0.2) is 36.8 Å². The monoisotopic (exact) mass is 443 g/mol. The number of pyridine rings is 1. The molecule has 1 aliphatic carbocycles. The normalized spacial score (nSPS) is 18.5. The van der Waals surface area contributed by atoms with E-state index in [-0.39, 0.29) is 5.41 Å². The first-order valence-corrected chi connectivity index (χ1v) is 11.8. The number of nitrogens with one attached hydrogen (secondary N) is 1. The molecule has 4 heterocycles. The van der Waals surface area contributed by atoms with Gasteiger partial charge >= 0.3 is 0 Å². The van der Waals surface area contributed by atoms with Crippen molar-refractivity contribution in [2.24, 2.45) is 5.41 Å². The van der Waals surface area contributed by atoms with Gasteiger partial charge in [0.25, 0.3) is 0 Å². The van der Waals surface area contributed by atoms with Gasteiger partial charge in [0.05, 0.1) is 12.2 Å². The van der Waals surface area contributed by atoms with Crippen LogP contribution in [0.25, 0.3) is 11.1 Å². The lowest BCUT2D eigenvalue weighted by Crippen LogP contribution is -2.31. The number of hydrogen-bond acceptors (Lipinski definition) is 7. The molecule has 170 valence electrons. The number of aryl methyl sites for hydroxylation is 1. The minimum atomic E-state index is 0.275. The molecule has 0 saturated carbocycles. The molecule has 3 aliphatic rings. The fourth-order valence-corrected chi connectivity index (χ4v) is 5.07. The van der Waals surface area contributed by atoms with E-state index >= 15 is 0 Å². The van der Waals surface area contributed by atoms with Gasteiger partial charge in [0.2, 0.25) is 5.88 Å². The van der Waals surface area contributed by atoms with E-state index in [1.54, 1.807) is 6.33 Å². The van der Waals surface area contributed by atoms with Gasteiger partial charge in [0.15, 0.2) is 0 Å². The molecule has 0 radical (unpaired) electrons. The van der Waals surface area contributed by atoms with Crippen LogP contribution in [0.4, 0.5) is 11.5 Å². The predicted molar refractivity (Wildman–Crippen MR) is 128 cm³/mol. The minimum Gasteiger partial charge on any atom is -0.491 e. The van der Waals surface area contributed by atoms with Gasteiger partial charge < -0.3 is 19.7 Å². The Bertz CT molecular complexity index is 1210. The molecular weight excluding hydrogens is 414 g/mol. The van der Waals surface area contributed by atoms with Crippen LogP contribution < -0.4 is 19.7 Å². The maximum Gasteiger partial charge on any atom is 0.237 e. The highest BCUT2D eigenvalue weighted by Crippen LogP contribution is 2.39. The van der Waals surface area contributed by atoms with Crippen molar-refractivity contribution >= 4 is 11.5 Å². The topological polar surface area (TPSA) is 72.4 Å². The van der Waals surface area contributed by atoms with Crippen molar-refractivity contribution in [3.05, 3.63) is 53.6 Å². The van der Waals surface area contributed by atoms with E-state index in [0.717, 1.165) is 66.4 Å². The van der Waals surface area contributed by atoms with Gasteiger partial charge in [0.1, 0.15) is 31.1 Å². The SMILES string of the molecule is CC1(C)CCc2ncnc(N3CCOc4ccc(-c5cnc6c(c5)NCCO6)cc4C3)c2C1. The quantitative estimate of drug-likeness (QED) is 0.635. The zero-order valence-electron chi connectivity index (χ0n) is 19.2. The Kier molecular flexibility index (Phi) is 4.85. The summed E-state index contributed by atoms with van der Waals surface area (Å²) in [7, 11) is 0. The van der Waals surface area contributed by atoms with Crippen LogP contribution in [0.1, 0.15) is 37.1 Å². The third-order valence-electron chi connectivity index (χ3n) is 6.89. The average molecular weight is 444 g/mol. The van der Waals surface area contributed by atoms with Crippen LogP contribution in [-0.2, 0) is 19.4 Å². The van der Waals surface area contributed by atoms with Gasteiger partial charge in [-0.25, -0.2) is 15.0 Å². The molecule has 0 unspecified atom stereocenters. The maximum atomic E-state index is 6.13. The molecule has 0 amide bonds. The lowest BCUT2D eigenvalue weighted by molar-refractivity contribution is 0.310. The summed E-state index contributed by atoms with van der Waals surface area (Å²) < 4.78 is 11.8. The van der Waals surface area contributed by atoms with Gasteiger partial charge in [-0.1, -0.05) is 19.9 Å². The van der Waals surface area contributed by atoms with E-state index in [4.69, 9.17) is 14.5 Å². The Morgan fingerprint density at radius 3 is 2.91 bits per heavy atom. The Hall–Kier alpha value is -3.35. The van der Waals surface area contributed by atoms with E-state index in [2.05, 4.69) is 58.3 Å². The van der Waals surface area contributed by atoms with Crippen LogP contribution in [0.2, 0.25) is 0 Å². The molecule has 0 spiro atoms. The number of anilines is 2. The molecule has 33 heavy (non-hydrogen) atoms. The van der Waals surface area contributed by atoms with Crippen LogP contribution in [-0.4, -0.2) is 41.3 Å². The summed E-state index contributed by atoms with van der Waals surface area (Å²) in [4.78, 5) is 16.2. The summed E-state index contributed by atoms with van der Waals surface area (Å²) >= 11 is 0. The summed E-state index contributed by atoms with van der Waals surface area (Å²) in [5.74, 6) is 2.68. The molecule has 3 aromatic rings. The first-order chi connectivity index (χ1) is 16.1. The number of hydrogen-bond donors (Lipinski definition) is 1. The molecule has 0 atom stereocenters. The first-order valence-electron chi connectivity index (χ1n) is 11.8. The number of benzene rings is 1. The highest BCUT2D eigenvalue weighted by Gasteiger charge is 2.30. The number of aromatic nitrogens is 3. The number of ether oxygens (including phenoxy) is 2. The van der Waals surface area contributed by atoms with Gasteiger partial charge in [-0.15, -0.1) is 0 Å². The molecule has 0 bridgehead atoms. The molecule has 1 N–H and O–H groups in total. The van der Waals surface area contributed by atoms with Crippen molar-refractivity contribution in [1.29, 1.82) is 0 Å². The highest BCUT2D eigenvalue weighted by molar-refractivity contribution is 5.71. The maximum absolute atomic E-state index is 6.13. The third-order valence-corrected chi connectivity index (χ3v) is 6.89. The molecule has 6 rings (SSSR count). The average Bonchev–Trinajstić information content (AvgIpc) is 3.04. The second-order valence-electron chi connectivity index (χ2n) is 9.91. The van der Waals surface area contributed by atoms with Crippen LogP contribution in [0, 0.1) is 5.41 Å². The number of fused-ring (bicyclic) bond motifs is 3. The lowest BCUT2D eigenvalue weighted by Gasteiger charge is -2.33. The highest BCUT2D eigenvalue weighted by atomic mass is 16.5. The van der Waals surface area contributed by atoms with Crippen molar-refractivity contribution in [3.8, 4) is 22.8 Å². The van der Waals surface area contributed by atoms with Gasteiger partial charge in [0, 0.05) is 41.7 Å². The summed E-state index contributed by atoms with van der Waals surface area (Å²) in [6, 6.07) is 8.52. The Morgan fingerprint density at radius 2 is 1.97 bits per heavy atom. The van der Waals surface area contributed by atoms with Crippen molar-refractivity contribution in [2.75, 3.05) is 36.5 Å². The van der Waals surface area contributed by atoms with E-state index in [1.165, 1.54) is 17.7 Å². The summed E-state index contributed by atoms with van der Waals surface area (Å²) in [6.45, 7) is 8.32. The molecule has 7 nitrogen and oxygen atoms in total. The molecule has 7 heteroatoms. The molecular formula is C26H29N5O2. The second kappa shape index (κ2) is 7.90. The summed E-state index contributed by atoms with van der Waals surface area (Å²) in [5, 5.41) is 3.37. The molecule has 2 aromatic heterocycles. The summed E-state index contributed by atoms with van der Waals surface area (Å²) in [6.07, 6.45) is 6.81. The van der Waals surface area contributed by atoms with Crippen molar-refractivity contribution in [1.82, 2.24) is 15.0 Å². The Morgan fingerprint density at radius 1 is 1.03 bits per heavy atom. The Balaban J connectivity index is 1.34. The van der Waals surface area contributed by atoms with Crippen molar-refractivity contribution in [3.63, 3.8) is 0 Å². The van der Waals surface area contributed by atoms with Gasteiger partial charge in [-0.2, -0.15) is 0 Å². The minimum absolute atomic E-state index is 0.275. The molecule has 2 aliphatic heterocycles. The molecule has 0 fully saturated rings. The first kappa shape index (κ1) is 20.3. The van der Waals surface area contributed by atoms with Crippen LogP contribution >= 0.6 is 0 Å². The van der Waals surface area contributed by atoms with Crippen molar-refractivity contribution in [2.45, 2.75) is 39.7 Å². The number of nitrogens with zero attached hydrogens (tertiary/aromatic N) is 4. The van der Waals surface area contributed by atoms with E-state index < -0.39 is 0 Å². The third kappa shape index (κ3) is 3.86. The molecule has 1 aromatic carbocycles. The summed E-state index contributed by atoms with van der Waals surface area (Å²) in [5.41, 5.74) is 7.07. The standard InChI is InChI=1S/C26H29N5O2/c1-26(2)6-5-21-20(13-26)24(30-16-29-21)31-8-10-32-23-4-3-17(11-19(23)15-31)18-12-22-25(28-14-18)33-9-7-27-22/h3-4,11-12,14,16,27H,5-10,13,15H2,1-2H3. The van der Waals surface area contributed by atoms with Gasteiger partial charge in [-0.05, 0) is 48.4 Å². The van der Waals surface area contributed by atoms with Crippen LogP contribution in [0.3, 0.4) is 0 Å². The predicted octanol–water partition coefficient (Wildman–Crippen LogP) is 4.26.